The van der Waals surface area contributed by atoms with Crippen LogP contribution in [0.25, 0.3) is 0 Å². The molecule has 1 saturated carbocycles. The number of hydrogen-bond acceptors (Lipinski definition) is 3. The Bertz CT molecular complexity index is 858. The second-order valence-corrected chi connectivity index (χ2v) is 7.84. The third-order valence-electron chi connectivity index (χ3n) is 4.11. The molecule has 0 amide bonds. The Balaban J connectivity index is 1.92. The number of ketones is 1. The lowest BCUT2D eigenvalue weighted by atomic mass is 10.2. The highest BCUT2D eigenvalue weighted by atomic mass is 32.2. The van der Waals surface area contributed by atoms with Crippen molar-refractivity contribution in [2.75, 3.05) is 0 Å². The van der Waals surface area contributed by atoms with Gasteiger partial charge in [0.1, 0.15) is 5.82 Å². The maximum Gasteiger partial charge on any atom is 0.243 e. The number of rotatable bonds is 6. The first-order valence-electron chi connectivity index (χ1n) is 7.76. The highest BCUT2D eigenvalue weighted by molar-refractivity contribution is 7.89. The minimum absolute atomic E-state index is 0.00807. The molecule has 24 heavy (non-hydrogen) atoms. The topological polar surface area (TPSA) is 54.5 Å². The van der Waals surface area contributed by atoms with Gasteiger partial charge in [0.15, 0.2) is 5.78 Å². The lowest BCUT2D eigenvalue weighted by molar-refractivity contribution is 0.101. The zero-order valence-corrected chi connectivity index (χ0v) is 14.1. The predicted octanol–water partition coefficient (Wildman–Crippen LogP) is 3.38. The lowest BCUT2D eigenvalue weighted by Crippen LogP contribution is -2.33. The van der Waals surface area contributed by atoms with Crippen LogP contribution in [0, 0.1) is 5.82 Å². The third kappa shape index (κ3) is 3.39. The van der Waals surface area contributed by atoms with Gasteiger partial charge < -0.3 is 0 Å². The maximum atomic E-state index is 13.9. The quantitative estimate of drug-likeness (QED) is 0.753. The molecule has 1 aliphatic carbocycles. The molecule has 4 nitrogen and oxygen atoms in total. The number of carbonyl (C=O) groups is 1. The lowest BCUT2D eigenvalue weighted by Gasteiger charge is -2.22. The summed E-state index contributed by atoms with van der Waals surface area (Å²) in [5.74, 6) is -0.533. The summed E-state index contributed by atoms with van der Waals surface area (Å²) in [5.41, 5.74) is 0.814. The van der Waals surface area contributed by atoms with Crippen LogP contribution in [-0.4, -0.2) is 24.5 Å². The molecule has 0 N–H and O–H groups in total. The number of carbonyl (C=O) groups excluding carboxylic acids is 1. The molecule has 0 unspecified atom stereocenters. The summed E-state index contributed by atoms with van der Waals surface area (Å²) in [6.45, 7) is 1.44. The predicted molar refractivity (Wildman–Crippen MR) is 88.6 cm³/mol. The van der Waals surface area contributed by atoms with Crippen molar-refractivity contribution in [1.82, 2.24) is 4.31 Å². The van der Waals surface area contributed by atoms with E-state index in [0.717, 1.165) is 12.8 Å². The van der Waals surface area contributed by atoms with Crippen LogP contribution in [0.3, 0.4) is 0 Å². The van der Waals surface area contributed by atoms with Crippen LogP contribution in [0.2, 0.25) is 0 Å². The Kier molecular flexibility index (Phi) is 4.51. The van der Waals surface area contributed by atoms with Gasteiger partial charge in [-0.25, -0.2) is 12.8 Å². The molecule has 0 saturated heterocycles. The van der Waals surface area contributed by atoms with Gasteiger partial charge in [-0.3, -0.25) is 4.79 Å². The molecule has 0 heterocycles. The van der Waals surface area contributed by atoms with Gasteiger partial charge >= 0.3 is 0 Å². The summed E-state index contributed by atoms with van der Waals surface area (Å²) in [7, 11) is -3.74. The smallest absolute Gasteiger partial charge is 0.243 e. The fourth-order valence-corrected chi connectivity index (χ4v) is 4.23. The third-order valence-corrected chi connectivity index (χ3v) is 6.02. The molecule has 2 aromatic carbocycles. The maximum absolute atomic E-state index is 13.9. The average Bonchev–Trinajstić information content (AvgIpc) is 3.38. The molecule has 6 heteroatoms. The summed E-state index contributed by atoms with van der Waals surface area (Å²) >= 11 is 0. The van der Waals surface area contributed by atoms with Crippen molar-refractivity contribution in [2.24, 2.45) is 0 Å². The number of sulfonamides is 1. The van der Waals surface area contributed by atoms with E-state index in [1.165, 1.54) is 41.6 Å². The van der Waals surface area contributed by atoms with Gasteiger partial charge in [-0.05, 0) is 38.0 Å². The summed E-state index contributed by atoms with van der Waals surface area (Å²) in [5, 5.41) is 0. The van der Waals surface area contributed by atoms with Crippen LogP contribution in [0.4, 0.5) is 4.39 Å². The van der Waals surface area contributed by atoms with Crippen molar-refractivity contribution in [3.05, 3.63) is 65.5 Å². The highest BCUT2D eigenvalue weighted by Crippen LogP contribution is 2.34. The fourth-order valence-electron chi connectivity index (χ4n) is 2.56. The van der Waals surface area contributed by atoms with E-state index < -0.39 is 15.8 Å². The Hall–Kier alpha value is -2.05. The van der Waals surface area contributed by atoms with Gasteiger partial charge in [0, 0.05) is 23.7 Å². The van der Waals surface area contributed by atoms with E-state index in [1.54, 1.807) is 18.2 Å². The van der Waals surface area contributed by atoms with Gasteiger partial charge in [-0.15, -0.1) is 0 Å². The Morgan fingerprint density at radius 2 is 1.75 bits per heavy atom. The second-order valence-electron chi connectivity index (χ2n) is 5.95. The fraction of sp³-hybridized carbons (Fsp3) is 0.278. The normalized spacial score (nSPS) is 14.8. The molecule has 0 aromatic heterocycles. The highest BCUT2D eigenvalue weighted by Gasteiger charge is 2.38. The molecule has 0 bridgehead atoms. The van der Waals surface area contributed by atoms with Gasteiger partial charge in [0.2, 0.25) is 10.0 Å². The molecule has 1 fully saturated rings. The van der Waals surface area contributed by atoms with E-state index in [2.05, 4.69) is 0 Å². The molecule has 0 spiro atoms. The van der Waals surface area contributed by atoms with Crippen molar-refractivity contribution < 1.29 is 17.6 Å². The van der Waals surface area contributed by atoms with E-state index in [1.807, 2.05) is 0 Å². The largest absolute Gasteiger partial charge is 0.295 e. The Morgan fingerprint density at radius 3 is 2.29 bits per heavy atom. The molecule has 2 aromatic rings. The van der Waals surface area contributed by atoms with Crippen LogP contribution in [0.1, 0.15) is 35.7 Å². The van der Waals surface area contributed by atoms with Gasteiger partial charge in [-0.2, -0.15) is 4.31 Å². The summed E-state index contributed by atoms with van der Waals surface area (Å²) in [6.07, 6.45) is 1.55. The number of nitrogens with zero attached hydrogens (tertiary/aromatic N) is 1. The average molecular weight is 347 g/mol. The van der Waals surface area contributed by atoms with E-state index >= 15 is 0 Å². The molecular formula is C18H18FNO3S. The van der Waals surface area contributed by atoms with Crippen molar-refractivity contribution in [2.45, 2.75) is 37.2 Å². The Morgan fingerprint density at radius 1 is 1.12 bits per heavy atom. The molecule has 1 aliphatic rings. The van der Waals surface area contributed by atoms with Crippen LogP contribution < -0.4 is 0 Å². The number of benzene rings is 2. The number of Topliss-reactive ketones (excluding diaryl/α,β-unsaturated/α-hetero) is 1. The van der Waals surface area contributed by atoms with Crippen LogP contribution >= 0.6 is 0 Å². The standard InChI is InChI=1S/C18H18FNO3S/c1-13(21)14-6-10-17(11-7-14)24(22,23)20(16-8-9-16)12-15-4-2-3-5-18(15)19/h2-7,10-11,16H,8-9,12H2,1H3. The first-order chi connectivity index (χ1) is 11.4. The van der Waals surface area contributed by atoms with Crippen molar-refractivity contribution in [3.8, 4) is 0 Å². The first kappa shape index (κ1) is 16.8. The minimum atomic E-state index is -3.74. The molecule has 0 atom stereocenters. The van der Waals surface area contributed by atoms with Gasteiger partial charge in [0.25, 0.3) is 0 Å². The number of halogens is 1. The monoisotopic (exact) mass is 347 g/mol. The molecule has 0 radical (unpaired) electrons. The van der Waals surface area contributed by atoms with Crippen molar-refractivity contribution in [3.63, 3.8) is 0 Å². The summed E-state index contributed by atoms with van der Waals surface area (Å²) in [4.78, 5) is 11.5. The molecule has 126 valence electrons. The molecule has 0 aliphatic heterocycles. The van der Waals surface area contributed by atoms with Crippen molar-refractivity contribution >= 4 is 15.8 Å². The SMILES string of the molecule is CC(=O)c1ccc(S(=O)(=O)N(Cc2ccccc2F)C2CC2)cc1. The Labute approximate surface area is 141 Å². The first-order valence-corrected chi connectivity index (χ1v) is 9.20. The van der Waals surface area contributed by atoms with Crippen LogP contribution in [-0.2, 0) is 16.6 Å². The van der Waals surface area contributed by atoms with Crippen LogP contribution in [0.5, 0.6) is 0 Å². The van der Waals surface area contributed by atoms with E-state index in [-0.39, 0.29) is 23.3 Å². The van der Waals surface area contributed by atoms with E-state index in [0.29, 0.717) is 11.1 Å². The minimum Gasteiger partial charge on any atom is -0.295 e. The molecule has 3 rings (SSSR count). The second kappa shape index (κ2) is 6.45. The zero-order chi connectivity index (χ0) is 17.3. The summed E-state index contributed by atoms with van der Waals surface area (Å²) < 4.78 is 41.1. The summed E-state index contributed by atoms with van der Waals surface area (Å²) in [6, 6.07) is 12.0. The van der Waals surface area contributed by atoms with Gasteiger partial charge in [-0.1, -0.05) is 30.3 Å². The van der Waals surface area contributed by atoms with E-state index in [9.17, 15) is 17.6 Å². The van der Waals surface area contributed by atoms with E-state index in [4.69, 9.17) is 0 Å². The van der Waals surface area contributed by atoms with Crippen molar-refractivity contribution in [1.29, 1.82) is 0 Å². The van der Waals surface area contributed by atoms with Gasteiger partial charge in [0.05, 0.1) is 4.90 Å². The zero-order valence-electron chi connectivity index (χ0n) is 13.3. The number of hydrogen-bond donors (Lipinski definition) is 0. The van der Waals surface area contributed by atoms with Crippen LogP contribution in [0.15, 0.2) is 53.4 Å². The molecular weight excluding hydrogens is 329 g/mol.